The highest BCUT2D eigenvalue weighted by atomic mass is 32.2. The number of hydrogen-bond acceptors (Lipinski definition) is 4. The number of nitrogens with zero attached hydrogens (tertiary/aromatic N) is 2. The quantitative estimate of drug-likeness (QED) is 0.822. The molecule has 0 radical (unpaired) electrons. The normalized spacial score (nSPS) is 14.2. The number of thioether (sulfide) groups is 1. The Bertz CT molecular complexity index is 702. The van der Waals surface area contributed by atoms with Crippen LogP contribution in [0.15, 0.2) is 23.4 Å². The number of carboxylic acid groups (broad SMARTS) is 1. The van der Waals surface area contributed by atoms with Gasteiger partial charge >= 0.3 is 5.97 Å². The molecule has 5 nitrogen and oxygen atoms in total. The summed E-state index contributed by atoms with van der Waals surface area (Å²) in [5.41, 5.74) is 1.18. The molecule has 0 saturated heterocycles. The average molecular weight is 330 g/mol. The zero-order valence-electron chi connectivity index (χ0n) is 11.6. The minimum Gasteiger partial charge on any atom is -0.481 e. The number of halogens is 1. The lowest BCUT2D eigenvalue weighted by molar-refractivity contribution is -0.133. The van der Waals surface area contributed by atoms with Crippen LogP contribution in [0.4, 0.5) is 4.39 Å². The molecule has 2 aromatic rings. The van der Waals surface area contributed by atoms with Crippen molar-refractivity contribution in [2.75, 3.05) is 12.0 Å². The first-order chi connectivity index (χ1) is 9.88. The van der Waals surface area contributed by atoms with Crippen molar-refractivity contribution < 1.29 is 18.5 Å². The van der Waals surface area contributed by atoms with Crippen molar-refractivity contribution in [3.05, 3.63) is 24.0 Å². The van der Waals surface area contributed by atoms with Gasteiger partial charge in [-0.05, 0) is 25.1 Å². The number of benzene rings is 1. The lowest BCUT2D eigenvalue weighted by atomic mass is 10.3. The summed E-state index contributed by atoms with van der Waals surface area (Å²) in [7, 11) is -1.03. The second kappa shape index (κ2) is 6.57. The Kier molecular flexibility index (Phi) is 5.00. The topological polar surface area (TPSA) is 72.2 Å². The number of hydrogen-bond donors (Lipinski definition) is 1. The number of rotatable bonds is 6. The van der Waals surface area contributed by atoms with E-state index in [1.165, 1.54) is 12.1 Å². The first-order valence-corrected chi connectivity index (χ1v) is 8.81. The van der Waals surface area contributed by atoms with E-state index in [2.05, 4.69) is 4.98 Å². The summed E-state index contributed by atoms with van der Waals surface area (Å²) in [6, 6.07) is 4.23. The lowest BCUT2D eigenvalue weighted by Crippen LogP contribution is -2.18. The number of carboxylic acids is 1. The maximum atomic E-state index is 13.4. The molecule has 0 spiro atoms. The molecule has 0 fully saturated rings. The van der Waals surface area contributed by atoms with Crippen LogP contribution in [0, 0.1) is 5.82 Å². The van der Waals surface area contributed by atoms with E-state index in [0.717, 1.165) is 11.8 Å². The zero-order chi connectivity index (χ0) is 15.6. The van der Waals surface area contributed by atoms with Crippen LogP contribution < -0.4 is 0 Å². The fraction of sp³-hybridized carbons (Fsp3) is 0.385. The van der Waals surface area contributed by atoms with E-state index in [-0.39, 0.29) is 16.8 Å². The Balaban J connectivity index is 2.44. The van der Waals surface area contributed by atoms with Crippen molar-refractivity contribution in [2.45, 2.75) is 23.9 Å². The molecule has 0 aliphatic heterocycles. The summed E-state index contributed by atoms with van der Waals surface area (Å²) in [5.74, 6) is -1.46. The highest BCUT2D eigenvalue weighted by molar-refractivity contribution is 7.99. The molecule has 0 saturated carbocycles. The third-order valence-corrected chi connectivity index (χ3v) is 5.25. The highest BCUT2D eigenvalue weighted by Crippen LogP contribution is 2.25. The predicted octanol–water partition coefficient (Wildman–Crippen LogP) is 2.12. The van der Waals surface area contributed by atoms with E-state index in [1.807, 2.05) is 6.92 Å². The zero-order valence-corrected chi connectivity index (χ0v) is 13.2. The molecule has 1 aromatic carbocycles. The fourth-order valence-corrected chi connectivity index (χ4v) is 2.95. The SMILES string of the molecule is CC(Cn1c(SCC(=O)O)nc2ccc(F)cc21)S(C)=O. The van der Waals surface area contributed by atoms with Crippen LogP contribution in [0.1, 0.15) is 6.92 Å². The molecule has 0 bridgehead atoms. The van der Waals surface area contributed by atoms with Gasteiger partial charge < -0.3 is 9.67 Å². The summed E-state index contributed by atoms with van der Waals surface area (Å²) >= 11 is 1.07. The molecule has 2 atom stereocenters. The second-order valence-corrected chi connectivity index (χ2v) is 7.37. The van der Waals surface area contributed by atoms with Crippen LogP contribution in [-0.2, 0) is 22.1 Å². The van der Waals surface area contributed by atoms with Crippen LogP contribution in [-0.4, -0.2) is 42.1 Å². The van der Waals surface area contributed by atoms with Crippen molar-refractivity contribution in [1.82, 2.24) is 9.55 Å². The van der Waals surface area contributed by atoms with E-state index in [9.17, 15) is 13.4 Å². The average Bonchev–Trinajstić information content (AvgIpc) is 2.74. The molecule has 2 rings (SSSR count). The van der Waals surface area contributed by atoms with Gasteiger partial charge in [-0.25, -0.2) is 9.37 Å². The van der Waals surface area contributed by atoms with Gasteiger partial charge in [-0.15, -0.1) is 0 Å². The van der Waals surface area contributed by atoms with Crippen molar-refractivity contribution in [3.63, 3.8) is 0 Å². The van der Waals surface area contributed by atoms with Gasteiger partial charge in [0.05, 0.1) is 16.8 Å². The van der Waals surface area contributed by atoms with E-state index in [0.29, 0.717) is 22.7 Å². The molecule has 114 valence electrons. The van der Waals surface area contributed by atoms with Gasteiger partial charge in [0.15, 0.2) is 5.16 Å². The number of imidazole rings is 1. The number of aromatic nitrogens is 2. The van der Waals surface area contributed by atoms with Gasteiger partial charge in [0.2, 0.25) is 0 Å². The number of carbonyl (C=O) groups is 1. The summed E-state index contributed by atoms with van der Waals surface area (Å²) < 4.78 is 26.7. The smallest absolute Gasteiger partial charge is 0.313 e. The van der Waals surface area contributed by atoms with Gasteiger partial charge in [0.1, 0.15) is 5.82 Å². The highest BCUT2D eigenvalue weighted by Gasteiger charge is 2.17. The first kappa shape index (κ1) is 16.0. The van der Waals surface area contributed by atoms with Crippen LogP contribution in [0.25, 0.3) is 11.0 Å². The van der Waals surface area contributed by atoms with Crippen molar-refractivity contribution in [1.29, 1.82) is 0 Å². The Morgan fingerprint density at radius 1 is 1.57 bits per heavy atom. The van der Waals surface area contributed by atoms with Crippen molar-refractivity contribution in [3.8, 4) is 0 Å². The molecular formula is C13H15FN2O3S2. The molecule has 0 amide bonds. The van der Waals surface area contributed by atoms with Gasteiger partial charge in [-0.3, -0.25) is 9.00 Å². The molecule has 0 aliphatic carbocycles. The summed E-state index contributed by atoms with van der Waals surface area (Å²) in [6.45, 7) is 2.22. The van der Waals surface area contributed by atoms with E-state index >= 15 is 0 Å². The molecular weight excluding hydrogens is 315 g/mol. The minimum atomic E-state index is -1.03. The third kappa shape index (κ3) is 3.82. The monoisotopic (exact) mass is 330 g/mol. The summed E-state index contributed by atoms with van der Waals surface area (Å²) in [5, 5.41) is 9.14. The van der Waals surface area contributed by atoms with E-state index in [4.69, 9.17) is 5.11 Å². The maximum Gasteiger partial charge on any atom is 0.313 e. The molecule has 2 unspecified atom stereocenters. The molecule has 8 heteroatoms. The number of aliphatic carboxylic acids is 1. The van der Waals surface area contributed by atoms with Gasteiger partial charge in [-0.2, -0.15) is 0 Å². The van der Waals surface area contributed by atoms with Crippen LogP contribution in [0.2, 0.25) is 0 Å². The van der Waals surface area contributed by atoms with Gasteiger partial charge in [-0.1, -0.05) is 11.8 Å². The third-order valence-electron chi connectivity index (χ3n) is 3.01. The largest absolute Gasteiger partial charge is 0.481 e. The van der Waals surface area contributed by atoms with Crippen LogP contribution >= 0.6 is 11.8 Å². The minimum absolute atomic E-state index is 0.130. The summed E-state index contributed by atoms with van der Waals surface area (Å²) in [4.78, 5) is 15.1. The van der Waals surface area contributed by atoms with Crippen LogP contribution in [0.3, 0.4) is 0 Å². The van der Waals surface area contributed by atoms with E-state index in [1.54, 1.807) is 16.9 Å². The summed E-state index contributed by atoms with van der Waals surface area (Å²) in [6.07, 6.45) is 1.61. The first-order valence-electron chi connectivity index (χ1n) is 6.21. The van der Waals surface area contributed by atoms with Crippen molar-refractivity contribution in [2.24, 2.45) is 0 Å². The standard InChI is InChI=1S/C13H15FN2O3S2/c1-8(21(2)19)6-16-11-5-9(14)3-4-10(11)15-13(16)20-7-12(17)18/h3-5,8H,6-7H2,1-2H3,(H,17,18). The van der Waals surface area contributed by atoms with Gasteiger partial charge in [0.25, 0.3) is 0 Å². The maximum absolute atomic E-state index is 13.4. The van der Waals surface area contributed by atoms with E-state index < -0.39 is 16.8 Å². The fourth-order valence-electron chi connectivity index (χ4n) is 1.85. The van der Waals surface area contributed by atoms with Gasteiger partial charge in [0, 0.05) is 28.9 Å². The molecule has 1 N–H and O–H groups in total. The second-order valence-electron chi connectivity index (χ2n) is 4.63. The molecule has 1 heterocycles. The lowest BCUT2D eigenvalue weighted by Gasteiger charge is -2.12. The Hall–Kier alpha value is -1.41. The van der Waals surface area contributed by atoms with Crippen molar-refractivity contribution >= 4 is 39.6 Å². The Morgan fingerprint density at radius 3 is 2.90 bits per heavy atom. The molecule has 21 heavy (non-hydrogen) atoms. The Labute approximate surface area is 128 Å². The predicted molar refractivity (Wildman–Crippen MR) is 81.6 cm³/mol. The Morgan fingerprint density at radius 2 is 2.29 bits per heavy atom. The molecule has 1 aromatic heterocycles. The van der Waals surface area contributed by atoms with Crippen LogP contribution in [0.5, 0.6) is 0 Å². The molecule has 0 aliphatic rings. The number of fused-ring (bicyclic) bond motifs is 1.